The Balaban J connectivity index is -0.000000574. The molecular formula is C21H50N2. The lowest BCUT2D eigenvalue weighted by Gasteiger charge is -2.37. The van der Waals surface area contributed by atoms with Gasteiger partial charge in [-0.15, -0.1) is 0 Å². The average Bonchev–Trinajstić information content (AvgIpc) is 2.38. The number of rotatable bonds is 8. The maximum absolute atomic E-state index is 3.50. The maximum atomic E-state index is 3.50. The normalized spacial score (nSPS) is 13.2. The lowest BCUT2D eigenvalue weighted by molar-refractivity contribution is 0.172. The van der Waals surface area contributed by atoms with Gasteiger partial charge in [0.2, 0.25) is 0 Å². The molecule has 0 amide bonds. The molecule has 0 rings (SSSR count). The van der Waals surface area contributed by atoms with Gasteiger partial charge in [-0.1, -0.05) is 76.2 Å². The number of hydrogen-bond acceptors (Lipinski definition) is 2. The van der Waals surface area contributed by atoms with E-state index in [0.717, 1.165) is 18.4 Å². The summed E-state index contributed by atoms with van der Waals surface area (Å²) in [5, 5.41) is 6.80. The molecule has 0 aliphatic heterocycles. The van der Waals surface area contributed by atoms with E-state index < -0.39 is 0 Å². The van der Waals surface area contributed by atoms with Crippen molar-refractivity contribution in [2.75, 3.05) is 20.6 Å². The molecule has 2 heteroatoms. The second kappa shape index (κ2) is 14.3. The maximum Gasteiger partial charge on any atom is 0.00748 e. The minimum atomic E-state index is 0.357. The summed E-state index contributed by atoms with van der Waals surface area (Å²) in [6, 6.07) is 0.607. The van der Waals surface area contributed by atoms with E-state index in [1.54, 1.807) is 0 Å². The zero-order chi connectivity index (χ0) is 19.3. The minimum absolute atomic E-state index is 0.357. The molecular weight excluding hydrogens is 280 g/mol. The van der Waals surface area contributed by atoms with Crippen LogP contribution in [0, 0.1) is 22.7 Å². The highest BCUT2D eigenvalue weighted by Crippen LogP contribution is 2.34. The van der Waals surface area contributed by atoms with Crippen LogP contribution >= 0.6 is 0 Å². The van der Waals surface area contributed by atoms with Crippen LogP contribution in [0.3, 0.4) is 0 Å². The Morgan fingerprint density at radius 3 is 1.43 bits per heavy atom. The Labute approximate surface area is 149 Å². The van der Waals surface area contributed by atoms with Crippen molar-refractivity contribution < 1.29 is 0 Å². The van der Waals surface area contributed by atoms with Gasteiger partial charge < -0.3 is 10.6 Å². The van der Waals surface area contributed by atoms with E-state index in [1.165, 1.54) is 12.8 Å². The topological polar surface area (TPSA) is 24.1 Å². The Kier molecular flexibility index (Phi) is 17.2. The summed E-state index contributed by atoms with van der Waals surface area (Å²) in [5.41, 5.74) is 0.763. The van der Waals surface area contributed by atoms with Crippen LogP contribution in [-0.2, 0) is 0 Å². The molecule has 2 nitrogen and oxygen atoms in total. The van der Waals surface area contributed by atoms with E-state index in [-0.39, 0.29) is 0 Å². The quantitative estimate of drug-likeness (QED) is 0.573. The van der Waals surface area contributed by atoms with Gasteiger partial charge in [0.1, 0.15) is 0 Å². The molecule has 0 aliphatic rings. The zero-order valence-corrected chi connectivity index (χ0v) is 18.9. The van der Waals surface area contributed by atoms with Gasteiger partial charge in [0.05, 0.1) is 0 Å². The average molecular weight is 331 g/mol. The van der Waals surface area contributed by atoms with Gasteiger partial charge in [0.25, 0.3) is 0 Å². The third-order valence-corrected chi connectivity index (χ3v) is 4.20. The summed E-state index contributed by atoms with van der Waals surface area (Å²) in [5.74, 6) is 1.56. The predicted molar refractivity (Wildman–Crippen MR) is 110 cm³/mol. The van der Waals surface area contributed by atoms with Crippen molar-refractivity contribution >= 4 is 0 Å². The molecule has 0 radical (unpaired) electrons. The summed E-state index contributed by atoms with van der Waals surface area (Å²) < 4.78 is 0. The Bertz CT molecular complexity index is 239. The van der Waals surface area contributed by atoms with Gasteiger partial charge in [-0.05, 0) is 49.6 Å². The minimum Gasteiger partial charge on any atom is -0.319 e. The van der Waals surface area contributed by atoms with Crippen LogP contribution in [0.15, 0.2) is 0 Å². The summed E-state index contributed by atoms with van der Waals surface area (Å²) in [4.78, 5) is 0. The molecule has 0 bridgehead atoms. The van der Waals surface area contributed by atoms with Gasteiger partial charge >= 0.3 is 0 Å². The highest BCUT2D eigenvalue weighted by atomic mass is 14.9. The van der Waals surface area contributed by atoms with Crippen LogP contribution in [0.4, 0.5) is 0 Å². The lowest BCUT2D eigenvalue weighted by Crippen LogP contribution is -2.39. The molecule has 0 saturated carbocycles. The van der Waals surface area contributed by atoms with Crippen LogP contribution in [0.5, 0.6) is 0 Å². The van der Waals surface area contributed by atoms with Gasteiger partial charge in [0, 0.05) is 12.6 Å². The molecule has 0 saturated heterocycles. The predicted octanol–water partition coefficient (Wildman–Crippen LogP) is 5.97. The fourth-order valence-corrected chi connectivity index (χ4v) is 2.36. The van der Waals surface area contributed by atoms with Gasteiger partial charge in [-0.3, -0.25) is 0 Å². The van der Waals surface area contributed by atoms with Gasteiger partial charge in [0.15, 0.2) is 0 Å². The van der Waals surface area contributed by atoms with Crippen molar-refractivity contribution in [3.05, 3.63) is 0 Å². The monoisotopic (exact) mass is 330 g/mol. The third-order valence-electron chi connectivity index (χ3n) is 4.20. The van der Waals surface area contributed by atoms with Gasteiger partial charge in [-0.2, -0.15) is 0 Å². The number of nitrogens with one attached hydrogen (secondary N) is 2. The molecule has 1 atom stereocenters. The molecule has 0 fully saturated rings. The first kappa shape index (κ1) is 27.8. The SMILES string of the molecule is CC.CC(C)C.CNCC(C)(C)CC(CC(C)(C)C(C)C)NC. The molecule has 0 spiro atoms. The van der Waals surface area contributed by atoms with E-state index in [1.807, 2.05) is 20.9 Å². The Morgan fingerprint density at radius 2 is 1.17 bits per heavy atom. The first-order valence-electron chi connectivity index (χ1n) is 9.69. The van der Waals surface area contributed by atoms with Crippen molar-refractivity contribution in [2.45, 2.75) is 95.0 Å². The molecule has 0 aromatic rings. The van der Waals surface area contributed by atoms with Crippen LogP contribution in [0.2, 0.25) is 0 Å². The van der Waals surface area contributed by atoms with Crippen LogP contribution < -0.4 is 10.6 Å². The van der Waals surface area contributed by atoms with E-state index >= 15 is 0 Å². The van der Waals surface area contributed by atoms with Crippen LogP contribution in [0.1, 0.15) is 89.0 Å². The highest BCUT2D eigenvalue weighted by molar-refractivity contribution is 4.84. The van der Waals surface area contributed by atoms with Gasteiger partial charge in [-0.25, -0.2) is 0 Å². The molecule has 0 heterocycles. The first-order chi connectivity index (χ1) is 10.4. The van der Waals surface area contributed by atoms with Crippen molar-refractivity contribution in [2.24, 2.45) is 22.7 Å². The summed E-state index contributed by atoms with van der Waals surface area (Å²) >= 11 is 0. The molecule has 0 aliphatic carbocycles. The standard InChI is InChI=1S/C15H34N2.C4H10.C2H6/c1-12(2)15(5,6)10-13(17-8)9-14(3,4)11-16-7;1-4(2)3;1-2/h12-13,16-17H,9-11H2,1-8H3;4H,1-3H3;1-2H3. The molecule has 1 unspecified atom stereocenters. The first-order valence-corrected chi connectivity index (χ1v) is 9.69. The molecule has 0 aromatic heterocycles. The smallest absolute Gasteiger partial charge is 0.00748 e. The van der Waals surface area contributed by atoms with E-state index in [2.05, 4.69) is 80.0 Å². The Hall–Kier alpha value is -0.0800. The van der Waals surface area contributed by atoms with Crippen molar-refractivity contribution in [3.63, 3.8) is 0 Å². The largest absolute Gasteiger partial charge is 0.319 e. The summed E-state index contributed by atoms with van der Waals surface area (Å²) in [6.07, 6.45) is 2.47. The fraction of sp³-hybridized carbons (Fsp3) is 1.00. The van der Waals surface area contributed by atoms with Crippen LogP contribution in [-0.4, -0.2) is 26.7 Å². The fourth-order valence-electron chi connectivity index (χ4n) is 2.36. The van der Waals surface area contributed by atoms with Crippen LogP contribution in [0.25, 0.3) is 0 Å². The zero-order valence-electron chi connectivity index (χ0n) is 18.9. The van der Waals surface area contributed by atoms with Crippen molar-refractivity contribution in [3.8, 4) is 0 Å². The molecule has 0 aromatic carbocycles. The van der Waals surface area contributed by atoms with E-state index in [4.69, 9.17) is 0 Å². The van der Waals surface area contributed by atoms with E-state index in [0.29, 0.717) is 16.9 Å². The molecule has 2 N–H and O–H groups in total. The van der Waals surface area contributed by atoms with Crippen molar-refractivity contribution in [1.82, 2.24) is 10.6 Å². The molecule has 23 heavy (non-hydrogen) atoms. The third kappa shape index (κ3) is 18.1. The lowest BCUT2D eigenvalue weighted by atomic mass is 9.73. The highest BCUT2D eigenvalue weighted by Gasteiger charge is 2.29. The van der Waals surface area contributed by atoms with Crippen molar-refractivity contribution in [1.29, 1.82) is 0 Å². The van der Waals surface area contributed by atoms with E-state index in [9.17, 15) is 0 Å². The number of hydrogen-bond donors (Lipinski definition) is 2. The summed E-state index contributed by atoms with van der Waals surface area (Å²) in [7, 11) is 4.13. The second-order valence-electron chi connectivity index (χ2n) is 8.96. The molecule has 144 valence electrons. The summed E-state index contributed by atoms with van der Waals surface area (Å²) in [6.45, 7) is 25.7. The second-order valence-corrected chi connectivity index (χ2v) is 8.96. The Morgan fingerprint density at radius 1 is 0.783 bits per heavy atom.